The van der Waals surface area contributed by atoms with Gasteiger partial charge in [-0.05, 0) is 26.0 Å². The zero-order chi connectivity index (χ0) is 15.1. The molecule has 1 aliphatic rings. The molecule has 0 aromatic heterocycles. The second-order valence-electron chi connectivity index (χ2n) is 5.32. The summed E-state index contributed by atoms with van der Waals surface area (Å²) < 4.78 is 5.35. The van der Waals surface area contributed by atoms with Gasteiger partial charge in [0.15, 0.2) is 0 Å². The number of nitrogens with one attached hydrogen (secondary N) is 1. The van der Waals surface area contributed by atoms with E-state index in [0.717, 1.165) is 31.2 Å². The Bertz CT molecular complexity index is 435. The Balaban J connectivity index is 1.73. The smallest absolute Gasteiger partial charge is 0.233 e. The number of rotatable bonds is 6. The maximum atomic E-state index is 12.2. The highest BCUT2D eigenvalue weighted by Crippen LogP contribution is 2.22. The van der Waals surface area contributed by atoms with Gasteiger partial charge in [0, 0.05) is 30.6 Å². The summed E-state index contributed by atoms with van der Waals surface area (Å²) in [5.74, 6) is 0.101. The lowest BCUT2D eigenvalue weighted by Crippen LogP contribution is -2.48. The number of hydrogen-bond donors (Lipinski definition) is 1. The average Bonchev–Trinajstić information content (AvgIpc) is 2.54. The van der Waals surface area contributed by atoms with Crippen molar-refractivity contribution in [2.45, 2.75) is 30.0 Å². The number of benzene rings is 1. The Morgan fingerprint density at radius 1 is 1.29 bits per heavy atom. The van der Waals surface area contributed by atoms with Gasteiger partial charge in [-0.15, -0.1) is 11.8 Å². The summed E-state index contributed by atoms with van der Waals surface area (Å²) in [6.07, 6.45) is 0. The van der Waals surface area contributed by atoms with Crippen LogP contribution in [0.2, 0.25) is 0 Å². The molecule has 1 fully saturated rings. The summed E-state index contributed by atoms with van der Waals surface area (Å²) in [7, 11) is 0. The molecule has 1 amide bonds. The van der Waals surface area contributed by atoms with Gasteiger partial charge in [0.2, 0.25) is 5.91 Å². The van der Waals surface area contributed by atoms with Crippen LogP contribution in [0.1, 0.15) is 13.8 Å². The molecule has 2 rings (SSSR count). The Hall–Kier alpha value is -1.04. The number of morpholine rings is 1. The highest BCUT2D eigenvalue weighted by Gasteiger charge is 2.19. The molecular formula is C16H24N2O2S. The maximum Gasteiger partial charge on any atom is 0.233 e. The van der Waals surface area contributed by atoms with Gasteiger partial charge < -0.3 is 10.1 Å². The largest absolute Gasteiger partial charge is 0.379 e. The Morgan fingerprint density at radius 3 is 2.62 bits per heavy atom. The lowest BCUT2D eigenvalue weighted by Gasteiger charge is -2.32. The van der Waals surface area contributed by atoms with Crippen LogP contribution in [0, 0.1) is 0 Å². The second kappa shape index (κ2) is 8.41. The molecule has 1 N–H and O–H groups in total. The second-order valence-corrected chi connectivity index (χ2v) is 6.73. The van der Waals surface area contributed by atoms with Crippen molar-refractivity contribution in [1.29, 1.82) is 0 Å². The third kappa shape index (κ3) is 5.34. The number of nitrogens with zero attached hydrogens (tertiary/aromatic N) is 1. The van der Waals surface area contributed by atoms with Crippen LogP contribution in [0.3, 0.4) is 0 Å². The van der Waals surface area contributed by atoms with Crippen LogP contribution in [0.4, 0.5) is 0 Å². The summed E-state index contributed by atoms with van der Waals surface area (Å²) >= 11 is 1.59. The Morgan fingerprint density at radius 2 is 1.95 bits per heavy atom. The normalized spacial score (nSPS) is 19.0. The molecule has 4 nitrogen and oxygen atoms in total. The number of carbonyl (C=O) groups is 1. The molecule has 1 aromatic rings. The summed E-state index contributed by atoms with van der Waals surface area (Å²) in [6, 6.07) is 10.4. The number of carbonyl (C=O) groups excluding carboxylic acids is 1. The highest BCUT2D eigenvalue weighted by atomic mass is 32.2. The van der Waals surface area contributed by atoms with Crippen LogP contribution in [-0.4, -0.2) is 54.9 Å². The molecule has 1 heterocycles. The first-order valence-electron chi connectivity index (χ1n) is 7.48. The first-order valence-corrected chi connectivity index (χ1v) is 8.36. The van der Waals surface area contributed by atoms with E-state index in [9.17, 15) is 4.79 Å². The van der Waals surface area contributed by atoms with E-state index in [1.54, 1.807) is 11.8 Å². The fourth-order valence-corrected chi connectivity index (χ4v) is 3.21. The van der Waals surface area contributed by atoms with Gasteiger partial charge in [-0.25, -0.2) is 0 Å². The molecule has 0 aliphatic carbocycles. The summed E-state index contributed by atoms with van der Waals surface area (Å²) in [4.78, 5) is 15.6. The van der Waals surface area contributed by atoms with Gasteiger partial charge in [-0.3, -0.25) is 9.69 Å². The molecule has 2 unspecified atom stereocenters. The molecule has 0 radical (unpaired) electrons. The van der Waals surface area contributed by atoms with E-state index < -0.39 is 0 Å². The van der Waals surface area contributed by atoms with Crippen molar-refractivity contribution < 1.29 is 9.53 Å². The van der Waals surface area contributed by atoms with Crippen LogP contribution in [0.15, 0.2) is 35.2 Å². The molecule has 0 bridgehead atoms. The maximum absolute atomic E-state index is 12.2. The van der Waals surface area contributed by atoms with Crippen LogP contribution in [0.5, 0.6) is 0 Å². The van der Waals surface area contributed by atoms with Crippen molar-refractivity contribution in [3.8, 4) is 0 Å². The van der Waals surface area contributed by atoms with Crippen LogP contribution >= 0.6 is 11.8 Å². The van der Waals surface area contributed by atoms with E-state index in [1.807, 2.05) is 37.3 Å². The summed E-state index contributed by atoms with van der Waals surface area (Å²) in [6.45, 7) is 8.28. The SMILES string of the molecule is CC(Sc1ccccc1)C(=O)NCC(C)N1CCOCC1. The fraction of sp³-hybridized carbons (Fsp3) is 0.562. The van der Waals surface area contributed by atoms with Gasteiger partial charge in [0.05, 0.1) is 18.5 Å². The van der Waals surface area contributed by atoms with Crippen LogP contribution in [-0.2, 0) is 9.53 Å². The van der Waals surface area contributed by atoms with Gasteiger partial charge in [-0.2, -0.15) is 0 Å². The van der Waals surface area contributed by atoms with E-state index in [2.05, 4.69) is 17.1 Å². The first-order chi connectivity index (χ1) is 10.2. The van der Waals surface area contributed by atoms with Crippen molar-refractivity contribution in [3.63, 3.8) is 0 Å². The molecule has 21 heavy (non-hydrogen) atoms. The quantitative estimate of drug-likeness (QED) is 0.816. The molecule has 1 aromatic carbocycles. The third-order valence-corrected chi connectivity index (χ3v) is 4.78. The molecule has 1 saturated heterocycles. The predicted octanol–water partition coefficient (Wildman–Crippen LogP) is 2.00. The van der Waals surface area contributed by atoms with E-state index in [0.29, 0.717) is 12.6 Å². The van der Waals surface area contributed by atoms with E-state index in [-0.39, 0.29) is 11.2 Å². The minimum absolute atomic E-state index is 0.0794. The van der Waals surface area contributed by atoms with Crippen molar-refractivity contribution in [2.24, 2.45) is 0 Å². The molecule has 0 spiro atoms. The van der Waals surface area contributed by atoms with Crippen molar-refractivity contribution in [2.75, 3.05) is 32.8 Å². The molecule has 1 aliphatic heterocycles. The molecule has 0 saturated carbocycles. The van der Waals surface area contributed by atoms with Crippen LogP contribution < -0.4 is 5.32 Å². The third-order valence-electron chi connectivity index (χ3n) is 3.67. The lowest BCUT2D eigenvalue weighted by molar-refractivity contribution is -0.120. The Labute approximate surface area is 131 Å². The monoisotopic (exact) mass is 308 g/mol. The zero-order valence-electron chi connectivity index (χ0n) is 12.7. The van der Waals surface area contributed by atoms with Crippen molar-refractivity contribution in [3.05, 3.63) is 30.3 Å². The van der Waals surface area contributed by atoms with Crippen LogP contribution in [0.25, 0.3) is 0 Å². The van der Waals surface area contributed by atoms with E-state index in [1.165, 1.54) is 0 Å². The van der Waals surface area contributed by atoms with Crippen molar-refractivity contribution in [1.82, 2.24) is 10.2 Å². The summed E-state index contributed by atoms with van der Waals surface area (Å²) in [5.41, 5.74) is 0. The van der Waals surface area contributed by atoms with E-state index >= 15 is 0 Å². The fourth-order valence-electron chi connectivity index (χ4n) is 2.30. The van der Waals surface area contributed by atoms with Gasteiger partial charge in [-0.1, -0.05) is 18.2 Å². The molecular weight excluding hydrogens is 284 g/mol. The predicted molar refractivity (Wildman–Crippen MR) is 86.6 cm³/mol. The number of ether oxygens (including phenoxy) is 1. The number of hydrogen-bond acceptors (Lipinski definition) is 4. The molecule has 2 atom stereocenters. The van der Waals surface area contributed by atoms with Gasteiger partial charge in [0.1, 0.15) is 0 Å². The van der Waals surface area contributed by atoms with Gasteiger partial charge in [0.25, 0.3) is 0 Å². The molecule has 5 heteroatoms. The number of thioether (sulfide) groups is 1. The topological polar surface area (TPSA) is 41.6 Å². The molecule has 116 valence electrons. The van der Waals surface area contributed by atoms with E-state index in [4.69, 9.17) is 4.74 Å². The zero-order valence-corrected chi connectivity index (χ0v) is 13.6. The number of amides is 1. The minimum Gasteiger partial charge on any atom is -0.379 e. The standard InChI is InChI=1S/C16H24N2O2S/c1-13(18-8-10-20-11-9-18)12-17-16(19)14(2)21-15-6-4-3-5-7-15/h3-7,13-14H,8-12H2,1-2H3,(H,17,19). The average molecular weight is 308 g/mol. The first kappa shape index (κ1) is 16.3. The van der Waals surface area contributed by atoms with Gasteiger partial charge >= 0.3 is 0 Å². The minimum atomic E-state index is -0.0794. The highest BCUT2D eigenvalue weighted by molar-refractivity contribution is 8.00. The van der Waals surface area contributed by atoms with Crippen molar-refractivity contribution >= 4 is 17.7 Å². The summed E-state index contributed by atoms with van der Waals surface area (Å²) in [5, 5.41) is 2.98. The Kier molecular flexibility index (Phi) is 6.54. The lowest BCUT2D eigenvalue weighted by atomic mass is 10.2.